The fraction of sp³-hybridized carbons (Fsp3) is 0.154. The molecule has 6 aromatic rings. The predicted octanol–water partition coefficient (Wildman–Crippen LogP) is 5.95. The van der Waals surface area contributed by atoms with Gasteiger partial charge in [0.1, 0.15) is 22.6 Å². The van der Waals surface area contributed by atoms with Gasteiger partial charge in [0.15, 0.2) is 11.6 Å². The van der Waals surface area contributed by atoms with E-state index in [-0.39, 0.29) is 17.0 Å². The number of H-pyrrole nitrogens is 2. The van der Waals surface area contributed by atoms with Crippen molar-refractivity contribution in [3.63, 3.8) is 0 Å². The molecule has 1 amide bonds. The van der Waals surface area contributed by atoms with Crippen LogP contribution in [0.4, 0.5) is 10.1 Å². The summed E-state index contributed by atoms with van der Waals surface area (Å²) in [6, 6.07) is 7.43. The van der Waals surface area contributed by atoms with Crippen molar-refractivity contribution in [2.75, 3.05) is 5.32 Å². The van der Waals surface area contributed by atoms with Crippen LogP contribution >= 0.6 is 11.3 Å². The normalized spacial score (nSPS) is 11.4. The first-order valence-electron chi connectivity index (χ1n) is 11.8. The second-order valence-electron chi connectivity index (χ2n) is 8.51. The van der Waals surface area contributed by atoms with Gasteiger partial charge in [-0.3, -0.25) is 24.8 Å². The molecule has 184 valence electrons. The van der Waals surface area contributed by atoms with Gasteiger partial charge in [-0.1, -0.05) is 19.4 Å². The minimum Gasteiger partial charge on any atom is -0.336 e. The summed E-state index contributed by atoms with van der Waals surface area (Å²) in [5, 5.41) is 12.3. The lowest BCUT2D eigenvalue weighted by Gasteiger charge is -2.08. The standard InChI is InChI=1S/C26H21FN8OS/c1-2-3-6-19(36)31-15-10-14(11-28-12-15)22-21(27)20-17(13-30-22)34-35-25(20)26-32-16-7-8-29-24(23(16)33-26)18-5-4-9-37-18/h4-5,7-13H,2-3,6H2,1H3,(H,31,36)(H,32,33)(H,34,35). The third-order valence-electron chi connectivity index (χ3n) is 5.98. The van der Waals surface area contributed by atoms with Crippen LogP contribution in [0.1, 0.15) is 26.2 Å². The number of hydrogen-bond acceptors (Lipinski definition) is 7. The monoisotopic (exact) mass is 512 g/mol. The van der Waals surface area contributed by atoms with E-state index in [1.807, 2.05) is 30.5 Å². The summed E-state index contributed by atoms with van der Waals surface area (Å²) >= 11 is 1.57. The van der Waals surface area contributed by atoms with Gasteiger partial charge in [0.25, 0.3) is 0 Å². The SMILES string of the molecule is CCCCC(=O)Nc1cncc(-c2ncc3[nH]nc(-c4nc5c(-c6cccs6)nccc5[nH]4)c3c2F)c1. The van der Waals surface area contributed by atoms with Gasteiger partial charge < -0.3 is 10.3 Å². The molecule has 37 heavy (non-hydrogen) atoms. The van der Waals surface area contributed by atoms with E-state index >= 15 is 4.39 Å². The molecule has 6 aromatic heterocycles. The van der Waals surface area contributed by atoms with Crippen molar-refractivity contribution in [3.8, 4) is 33.3 Å². The van der Waals surface area contributed by atoms with E-state index in [9.17, 15) is 4.79 Å². The molecule has 0 saturated heterocycles. The predicted molar refractivity (Wildman–Crippen MR) is 141 cm³/mol. The maximum absolute atomic E-state index is 16.0. The average molecular weight is 513 g/mol. The number of nitrogens with one attached hydrogen (secondary N) is 3. The number of hydrogen-bond donors (Lipinski definition) is 3. The van der Waals surface area contributed by atoms with Crippen molar-refractivity contribution in [2.24, 2.45) is 0 Å². The zero-order valence-corrected chi connectivity index (χ0v) is 20.6. The lowest BCUT2D eigenvalue weighted by Crippen LogP contribution is -2.11. The maximum atomic E-state index is 16.0. The summed E-state index contributed by atoms with van der Waals surface area (Å²) < 4.78 is 16.0. The van der Waals surface area contributed by atoms with Crippen LogP contribution in [0, 0.1) is 5.82 Å². The van der Waals surface area contributed by atoms with Crippen molar-refractivity contribution in [1.29, 1.82) is 0 Å². The van der Waals surface area contributed by atoms with Crippen LogP contribution in [0.15, 0.2) is 54.4 Å². The fourth-order valence-corrected chi connectivity index (χ4v) is 4.91. The molecule has 0 spiro atoms. The number of carbonyl (C=O) groups excluding carboxylic acids is 1. The summed E-state index contributed by atoms with van der Waals surface area (Å²) in [5.41, 5.74) is 4.00. The number of aromatic nitrogens is 7. The number of imidazole rings is 1. The number of thiophene rings is 1. The van der Waals surface area contributed by atoms with Gasteiger partial charge in [-0.2, -0.15) is 5.10 Å². The molecule has 0 fully saturated rings. The Morgan fingerprint density at radius 2 is 2.03 bits per heavy atom. The van der Waals surface area contributed by atoms with E-state index in [1.54, 1.807) is 23.6 Å². The fourth-order valence-electron chi connectivity index (χ4n) is 4.19. The van der Waals surface area contributed by atoms with E-state index in [2.05, 4.69) is 35.5 Å². The molecule has 6 heterocycles. The quantitative estimate of drug-likeness (QED) is 0.243. The third-order valence-corrected chi connectivity index (χ3v) is 6.85. The first-order valence-corrected chi connectivity index (χ1v) is 12.7. The van der Waals surface area contributed by atoms with Crippen LogP contribution in [0.2, 0.25) is 0 Å². The second kappa shape index (κ2) is 9.51. The number of amides is 1. The first-order chi connectivity index (χ1) is 18.1. The highest BCUT2D eigenvalue weighted by atomic mass is 32.1. The van der Waals surface area contributed by atoms with Gasteiger partial charge in [0, 0.05) is 24.4 Å². The number of unbranched alkanes of at least 4 members (excludes halogenated alkanes) is 1. The average Bonchev–Trinajstić information content (AvgIpc) is 3.67. The molecular weight excluding hydrogens is 491 g/mol. The summed E-state index contributed by atoms with van der Waals surface area (Å²) in [4.78, 5) is 34.1. The Bertz CT molecular complexity index is 1740. The van der Waals surface area contributed by atoms with E-state index in [4.69, 9.17) is 4.98 Å². The Hall–Kier alpha value is -4.51. The summed E-state index contributed by atoms with van der Waals surface area (Å²) in [7, 11) is 0. The molecule has 3 N–H and O–H groups in total. The van der Waals surface area contributed by atoms with Crippen molar-refractivity contribution >= 4 is 44.9 Å². The lowest BCUT2D eigenvalue weighted by molar-refractivity contribution is -0.116. The number of halogens is 1. The molecule has 0 radical (unpaired) electrons. The van der Waals surface area contributed by atoms with Crippen molar-refractivity contribution in [1.82, 2.24) is 35.1 Å². The number of nitrogens with zero attached hydrogens (tertiary/aromatic N) is 5. The zero-order chi connectivity index (χ0) is 25.4. The highest BCUT2D eigenvalue weighted by Crippen LogP contribution is 2.35. The van der Waals surface area contributed by atoms with Gasteiger partial charge in [0.2, 0.25) is 5.91 Å². The van der Waals surface area contributed by atoms with Gasteiger partial charge in [0.05, 0.1) is 39.4 Å². The Morgan fingerprint density at radius 1 is 1.11 bits per heavy atom. The van der Waals surface area contributed by atoms with E-state index in [0.717, 1.165) is 28.9 Å². The summed E-state index contributed by atoms with van der Waals surface area (Å²) in [6.45, 7) is 2.02. The van der Waals surface area contributed by atoms with Crippen LogP contribution in [0.25, 0.3) is 55.3 Å². The number of aromatic amines is 2. The first kappa shape index (κ1) is 22.9. The summed E-state index contributed by atoms with van der Waals surface area (Å²) in [6.07, 6.45) is 8.41. The van der Waals surface area contributed by atoms with Crippen LogP contribution < -0.4 is 5.32 Å². The highest BCUT2D eigenvalue weighted by molar-refractivity contribution is 7.13. The van der Waals surface area contributed by atoms with Gasteiger partial charge >= 0.3 is 0 Å². The van der Waals surface area contributed by atoms with Gasteiger partial charge in [-0.15, -0.1) is 11.3 Å². The molecule has 0 unspecified atom stereocenters. The Morgan fingerprint density at radius 3 is 2.86 bits per heavy atom. The smallest absolute Gasteiger partial charge is 0.224 e. The third kappa shape index (κ3) is 4.23. The van der Waals surface area contributed by atoms with Crippen molar-refractivity contribution in [3.05, 3.63) is 60.3 Å². The largest absolute Gasteiger partial charge is 0.336 e. The molecule has 6 rings (SSSR count). The summed E-state index contributed by atoms with van der Waals surface area (Å²) in [5.74, 6) is -0.254. The minimum atomic E-state index is -0.561. The Labute approximate surface area is 214 Å². The van der Waals surface area contributed by atoms with Gasteiger partial charge in [-0.25, -0.2) is 9.37 Å². The number of pyridine rings is 3. The molecule has 0 aliphatic heterocycles. The van der Waals surface area contributed by atoms with Crippen molar-refractivity contribution in [2.45, 2.75) is 26.2 Å². The number of fused-ring (bicyclic) bond motifs is 2. The number of anilines is 1. The Kier molecular flexibility index (Phi) is 5.89. The maximum Gasteiger partial charge on any atom is 0.224 e. The minimum absolute atomic E-state index is 0.101. The van der Waals surface area contributed by atoms with Crippen LogP contribution in [-0.2, 0) is 4.79 Å². The molecule has 0 aliphatic carbocycles. The number of carbonyl (C=O) groups is 1. The topological polar surface area (TPSA) is 125 Å². The zero-order valence-electron chi connectivity index (χ0n) is 19.7. The molecule has 0 atom stereocenters. The van der Waals surface area contributed by atoms with Gasteiger partial charge in [-0.05, 0) is 30.0 Å². The molecule has 0 aromatic carbocycles. The van der Waals surface area contributed by atoms with E-state index < -0.39 is 5.82 Å². The van der Waals surface area contributed by atoms with E-state index in [0.29, 0.717) is 40.2 Å². The van der Waals surface area contributed by atoms with Crippen molar-refractivity contribution < 1.29 is 9.18 Å². The highest BCUT2D eigenvalue weighted by Gasteiger charge is 2.21. The second-order valence-corrected chi connectivity index (χ2v) is 9.46. The molecule has 0 aliphatic rings. The van der Waals surface area contributed by atoms with E-state index in [1.165, 1.54) is 18.6 Å². The molecule has 0 bridgehead atoms. The lowest BCUT2D eigenvalue weighted by atomic mass is 10.1. The Balaban J connectivity index is 1.41. The molecule has 0 saturated carbocycles. The number of rotatable bonds is 7. The molecular formula is C26H21FN8OS. The van der Waals surface area contributed by atoms with Crippen LogP contribution in [-0.4, -0.2) is 41.0 Å². The molecule has 11 heteroatoms. The molecule has 9 nitrogen and oxygen atoms in total. The van der Waals surface area contributed by atoms with Crippen LogP contribution in [0.3, 0.4) is 0 Å². The van der Waals surface area contributed by atoms with Crippen LogP contribution in [0.5, 0.6) is 0 Å².